The molecule has 0 saturated carbocycles. The van der Waals surface area contributed by atoms with Crippen molar-refractivity contribution < 1.29 is 4.39 Å². The van der Waals surface area contributed by atoms with E-state index in [1.165, 1.54) is 19.1 Å². The van der Waals surface area contributed by atoms with Crippen molar-refractivity contribution in [2.75, 3.05) is 5.84 Å². The molecule has 0 saturated heterocycles. The third-order valence-corrected chi connectivity index (χ3v) is 2.72. The van der Waals surface area contributed by atoms with Crippen molar-refractivity contribution in [2.24, 2.45) is 0 Å². The van der Waals surface area contributed by atoms with Gasteiger partial charge in [-0.3, -0.25) is 4.79 Å². The highest BCUT2D eigenvalue weighted by Crippen LogP contribution is 2.15. The third kappa shape index (κ3) is 1.91. The summed E-state index contributed by atoms with van der Waals surface area (Å²) in [5.41, 5.74) is -1.37. The molecule has 5 nitrogen and oxygen atoms in total. The van der Waals surface area contributed by atoms with Gasteiger partial charge in [-0.25, -0.2) is 18.4 Å². The van der Waals surface area contributed by atoms with Gasteiger partial charge in [0.2, 0.25) is 0 Å². The zero-order valence-electron chi connectivity index (χ0n) is 9.35. The van der Waals surface area contributed by atoms with Crippen LogP contribution in [0.5, 0.6) is 0 Å². The number of rotatable bonds is 1. The lowest BCUT2D eigenvalue weighted by Crippen LogP contribution is -2.43. The predicted molar refractivity (Wildman–Crippen MR) is 66.2 cm³/mol. The van der Waals surface area contributed by atoms with Crippen molar-refractivity contribution in [3.8, 4) is 5.69 Å². The number of hydrogen-bond acceptors (Lipinski definition) is 3. The first kappa shape index (κ1) is 12.4. The highest BCUT2D eigenvalue weighted by Gasteiger charge is 2.12. The van der Waals surface area contributed by atoms with Gasteiger partial charge in [0, 0.05) is 16.8 Å². The highest BCUT2D eigenvalue weighted by atomic mass is 35.5. The molecular formula is C11H9ClFN3O2. The maximum Gasteiger partial charge on any atom is 0.354 e. The Morgan fingerprint density at radius 2 is 1.94 bits per heavy atom. The molecule has 0 radical (unpaired) electrons. The average Bonchev–Trinajstić information content (AvgIpc) is 2.29. The molecule has 18 heavy (non-hydrogen) atoms. The molecule has 2 rings (SSSR count). The summed E-state index contributed by atoms with van der Waals surface area (Å²) in [7, 11) is 0. The van der Waals surface area contributed by atoms with Crippen LogP contribution in [0.3, 0.4) is 0 Å². The molecule has 0 fully saturated rings. The summed E-state index contributed by atoms with van der Waals surface area (Å²) < 4.78 is 15.1. The van der Waals surface area contributed by atoms with Crippen LogP contribution in [0.15, 0.2) is 33.9 Å². The first-order valence-electron chi connectivity index (χ1n) is 4.98. The van der Waals surface area contributed by atoms with E-state index >= 15 is 0 Å². The standard InChI is InChI=1S/C11H9ClFN3O2/c1-6-4-10(17)15(11(18)16(6)14)9-3-2-7(12)5-8(9)13/h2-5H,14H2,1H3. The SMILES string of the molecule is Cc1cc(=O)n(-c2ccc(Cl)cc2F)c(=O)n1N. The molecule has 0 amide bonds. The molecule has 0 aliphatic rings. The van der Waals surface area contributed by atoms with Gasteiger partial charge in [-0.05, 0) is 25.1 Å². The van der Waals surface area contributed by atoms with Crippen LogP contribution in [-0.4, -0.2) is 9.24 Å². The fraction of sp³-hybridized carbons (Fsp3) is 0.0909. The Balaban J connectivity index is 2.84. The van der Waals surface area contributed by atoms with Gasteiger partial charge in [-0.1, -0.05) is 11.6 Å². The van der Waals surface area contributed by atoms with Gasteiger partial charge in [-0.2, -0.15) is 0 Å². The van der Waals surface area contributed by atoms with E-state index in [0.717, 1.165) is 16.8 Å². The van der Waals surface area contributed by atoms with Crippen molar-refractivity contribution in [1.82, 2.24) is 9.24 Å². The van der Waals surface area contributed by atoms with Gasteiger partial charge < -0.3 is 5.84 Å². The van der Waals surface area contributed by atoms with Crippen molar-refractivity contribution in [3.63, 3.8) is 0 Å². The van der Waals surface area contributed by atoms with Crippen LogP contribution in [0.4, 0.5) is 4.39 Å². The maximum atomic E-state index is 13.7. The van der Waals surface area contributed by atoms with E-state index in [1.807, 2.05) is 0 Å². The Morgan fingerprint density at radius 1 is 1.28 bits per heavy atom. The van der Waals surface area contributed by atoms with Crippen LogP contribution in [0, 0.1) is 12.7 Å². The molecule has 0 bridgehead atoms. The average molecular weight is 270 g/mol. The molecule has 1 heterocycles. The fourth-order valence-electron chi connectivity index (χ4n) is 1.55. The Labute approximate surface area is 106 Å². The molecule has 2 aromatic rings. The number of aromatic nitrogens is 2. The molecule has 7 heteroatoms. The van der Waals surface area contributed by atoms with E-state index in [9.17, 15) is 14.0 Å². The van der Waals surface area contributed by atoms with E-state index in [2.05, 4.69) is 0 Å². The molecule has 1 aromatic carbocycles. The Kier molecular flexibility index (Phi) is 2.96. The first-order chi connectivity index (χ1) is 8.41. The second kappa shape index (κ2) is 4.30. The van der Waals surface area contributed by atoms with E-state index in [1.54, 1.807) is 0 Å². The Bertz CT molecular complexity index is 736. The molecule has 0 aliphatic heterocycles. The maximum absolute atomic E-state index is 13.7. The van der Waals surface area contributed by atoms with Crippen LogP contribution in [0.2, 0.25) is 5.02 Å². The predicted octanol–water partition coefficient (Wildman–Crippen LogP) is 0.814. The smallest absolute Gasteiger partial charge is 0.335 e. The fourth-order valence-corrected chi connectivity index (χ4v) is 1.71. The lowest BCUT2D eigenvalue weighted by molar-refractivity contribution is 0.607. The quantitative estimate of drug-likeness (QED) is 0.779. The largest absolute Gasteiger partial charge is 0.354 e. The molecule has 2 N–H and O–H groups in total. The number of benzene rings is 1. The zero-order chi connectivity index (χ0) is 13.4. The van der Waals surface area contributed by atoms with E-state index in [0.29, 0.717) is 4.57 Å². The van der Waals surface area contributed by atoms with Crippen LogP contribution in [0.1, 0.15) is 5.69 Å². The second-order valence-electron chi connectivity index (χ2n) is 3.71. The molecule has 0 atom stereocenters. The van der Waals surface area contributed by atoms with Gasteiger partial charge in [0.1, 0.15) is 5.82 Å². The van der Waals surface area contributed by atoms with Crippen LogP contribution < -0.4 is 17.1 Å². The lowest BCUT2D eigenvalue weighted by Gasteiger charge is -2.09. The number of halogens is 2. The topological polar surface area (TPSA) is 70.0 Å². The molecule has 94 valence electrons. The summed E-state index contributed by atoms with van der Waals surface area (Å²) in [5, 5.41) is 0.171. The number of nitrogens with two attached hydrogens (primary N) is 1. The van der Waals surface area contributed by atoms with E-state index in [4.69, 9.17) is 17.4 Å². The van der Waals surface area contributed by atoms with Gasteiger partial charge in [-0.15, -0.1) is 0 Å². The van der Waals surface area contributed by atoms with Crippen LogP contribution >= 0.6 is 11.6 Å². The number of nitrogen functional groups attached to an aromatic ring is 1. The first-order valence-corrected chi connectivity index (χ1v) is 5.36. The molecule has 1 aromatic heterocycles. The van der Waals surface area contributed by atoms with Crippen molar-refractivity contribution in [2.45, 2.75) is 6.92 Å². The Hall–Kier alpha value is -2.08. The molecule has 0 spiro atoms. The minimum absolute atomic E-state index is 0.171. The van der Waals surface area contributed by atoms with Gasteiger partial charge in [0.25, 0.3) is 5.56 Å². The summed E-state index contributed by atoms with van der Waals surface area (Å²) >= 11 is 5.61. The third-order valence-electron chi connectivity index (χ3n) is 2.48. The highest BCUT2D eigenvalue weighted by molar-refractivity contribution is 6.30. The number of aryl methyl sites for hydroxylation is 1. The normalized spacial score (nSPS) is 10.6. The number of hydrogen-bond donors (Lipinski definition) is 1. The summed E-state index contributed by atoms with van der Waals surface area (Å²) in [6.07, 6.45) is 0. The van der Waals surface area contributed by atoms with Gasteiger partial charge in [0.15, 0.2) is 0 Å². The summed E-state index contributed by atoms with van der Waals surface area (Å²) in [4.78, 5) is 23.6. The van der Waals surface area contributed by atoms with Gasteiger partial charge in [0.05, 0.1) is 5.69 Å². The molecule has 0 unspecified atom stereocenters. The summed E-state index contributed by atoms with van der Waals surface area (Å²) in [6, 6.07) is 4.79. The number of nitrogens with zero attached hydrogens (tertiary/aromatic N) is 2. The molecule has 0 aliphatic carbocycles. The van der Waals surface area contributed by atoms with Crippen molar-refractivity contribution >= 4 is 11.6 Å². The molecular weight excluding hydrogens is 261 g/mol. The minimum Gasteiger partial charge on any atom is -0.335 e. The van der Waals surface area contributed by atoms with E-state index in [-0.39, 0.29) is 16.4 Å². The van der Waals surface area contributed by atoms with Gasteiger partial charge >= 0.3 is 5.69 Å². The second-order valence-corrected chi connectivity index (χ2v) is 4.14. The van der Waals surface area contributed by atoms with Crippen LogP contribution in [0.25, 0.3) is 5.69 Å². The minimum atomic E-state index is -0.818. The Morgan fingerprint density at radius 3 is 2.56 bits per heavy atom. The van der Waals surface area contributed by atoms with Crippen LogP contribution in [-0.2, 0) is 0 Å². The van der Waals surface area contributed by atoms with Crippen molar-refractivity contribution in [3.05, 3.63) is 61.6 Å². The zero-order valence-corrected chi connectivity index (χ0v) is 10.1. The van der Waals surface area contributed by atoms with E-state index < -0.39 is 17.1 Å². The monoisotopic (exact) mass is 269 g/mol. The summed E-state index contributed by atoms with van der Waals surface area (Å²) in [6.45, 7) is 1.51. The van der Waals surface area contributed by atoms with Crippen molar-refractivity contribution in [1.29, 1.82) is 0 Å². The summed E-state index contributed by atoms with van der Waals surface area (Å²) in [5.74, 6) is 4.69. The lowest BCUT2D eigenvalue weighted by atomic mass is 10.3.